The fourth-order valence-electron chi connectivity index (χ4n) is 2.92. The van der Waals surface area contributed by atoms with E-state index in [4.69, 9.17) is 16.3 Å². The molecule has 0 saturated carbocycles. The van der Waals surface area contributed by atoms with Gasteiger partial charge in [0.2, 0.25) is 0 Å². The van der Waals surface area contributed by atoms with E-state index in [2.05, 4.69) is 31.0 Å². The van der Waals surface area contributed by atoms with Crippen LogP contribution in [0.5, 0.6) is 5.75 Å². The smallest absolute Gasteiger partial charge is 0.123 e. The third-order valence-electron chi connectivity index (χ3n) is 4.68. The normalized spacial score (nSPS) is 24.8. The molecule has 3 unspecified atom stereocenters. The van der Waals surface area contributed by atoms with Gasteiger partial charge in [0.15, 0.2) is 0 Å². The Morgan fingerprint density at radius 1 is 1.48 bits per heavy atom. The van der Waals surface area contributed by atoms with Crippen LogP contribution in [0.1, 0.15) is 32.8 Å². The summed E-state index contributed by atoms with van der Waals surface area (Å²) in [5.74, 6) is 1.62. The lowest BCUT2D eigenvalue weighted by molar-refractivity contribution is 0.111. The first-order valence-corrected chi connectivity index (χ1v) is 8.22. The second-order valence-electron chi connectivity index (χ2n) is 6.13. The van der Waals surface area contributed by atoms with E-state index in [1.54, 1.807) is 7.11 Å². The highest BCUT2D eigenvalue weighted by atomic mass is 35.5. The zero-order valence-corrected chi connectivity index (χ0v) is 14.3. The van der Waals surface area contributed by atoms with Crippen LogP contribution in [0.2, 0.25) is 5.02 Å². The SMILES string of the molecule is CCC(C)C1CN(Cc2cc(Cl)ccc2OC)C(C)CN1. The van der Waals surface area contributed by atoms with Crippen molar-refractivity contribution < 1.29 is 4.74 Å². The summed E-state index contributed by atoms with van der Waals surface area (Å²) in [7, 11) is 1.72. The molecule has 1 N–H and O–H groups in total. The number of hydrogen-bond acceptors (Lipinski definition) is 3. The van der Waals surface area contributed by atoms with Gasteiger partial charge in [-0.15, -0.1) is 0 Å². The molecule has 2 rings (SSSR count). The zero-order valence-electron chi connectivity index (χ0n) is 13.5. The van der Waals surface area contributed by atoms with Crippen molar-refractivity contribution in [3.05, 3.63) is 28.8 Å². The lowest BCUT2D eigenvalue weighted by Crippen LogP contribution is -2.56. The van der Waals surface area contributed by atoms with E-state index in [0.29, 0.717) is 18.0 Å². The average molecular weight is 311 g/mol. The van der Waals surface area contributed by atoms with Gasteiger partial charge in [0, 0.05) is 42.3 Å². The monoisotopic (exact) mass is 310 g/mol. The van der Waals surface area contributed by atoms with Crippen LogP contribution >= 0.6 is 11.6 Å². The minimum Gasteiger partial charge on any atom is -0.496 e. The molecule has 0 bridgehead atoms. The predicted molar refractivity (Wildman–Crippen MR) is 89.1 cm³/mol. The Kier molecular flexibility index (Phi) is 5.91. The summed E-state index contributed by atoms with van der Waals surface area (Å²) in [6, 6.07) is 6.95. The summed E-state index contributed by atoms with van der Waals surface area (Å²) in [6.07, 6.45) is 1.21. The van der Waals surface area contributed by atoms with Crippen LogP contribution in [-0.4, -0.2) is 37.2 Å². The maximum absolute atomic E-state index is 6.14. The van der Waals surface area contributed by atoms with Crippen molar-refractivity contribution in [3.63, 3.8) is 0 Å². The average Bonchev–Trinajstić information content (AvgIpc) is 2.49. The molecular formula is C17H27ClN2O. The standard InChI is InChI=1S/C17H27ClN2O/c1-5-12(2)16-11-20(13(3)9-19-16)10-14-8-15(18)6-7-17(14)21-4/h6-8,12-13,16,19H,5,9-11H2,1-4H3. The van der Waals surface area contributed by atoms with E-state index >= 15 is 0 Å². The predicted octanol–water partition coefficient (Wildman–Crippen LogP) is 3.56. The molecule has 0 spiro atoms. The Balaban J connectivity index is 2.11. The first-order valence-electron chi connectivity index (χ1n) is 7.85. The molecule has 1 aromatic carbocycles. The van der Waals surface area contributed by atoms with Gasteiger partial charge in [-0.25, -0.2) is 0 Å². The van der Waals surface area contributed by atoms with Crippen LogP contribution in [0.15, 0.2) is 18.2 Å². The Hall–Kier alpha value is -0.770. The van der Waals surface area contributed by atoms with Gasteiger partial charge >= 0.3 is 0 Å². The summed E-state index contributed by atoms with van der Waals surface area (Å²) >= 11 is 6.14. The quantitative estimate of drug-likeness (QED) is 0.900. The van der Waals surface area contributed by atoms with Crippen LogP contribution in [0.25, 0.3) is 0 Å². The third kappa shape index (κ3) is 4.12. The number of halogens is 1. The maximum Gasteiger partial charge on any atom is 0.123 e. The number of nitrogens with one attached hydrogen (secondary N) is 1. The Morgan fingerprint density at radius 2 is 2.24 bits per heavy atom. The number of benzene rings is 1. The molecule has 118 valence electrons. The molecule has 1 aliphatic heterocycles. The molecular weight excluding hydrogens is 284 g/mol. The molecule has 3 atom stereocenters. The second-order valence-corrected chi connectivity index (χ2v) is 6.57. The molecule has 1 aliphatic rings. The highest BCUT2D eigenvalue weighted by molar-refractivity contribution is 6.30. The summed E-state index contributed by atoms with van der Waals surface area (Å²) in [5, 5.41) is 4.45. The van der Waals surface area contributed by atoms with Crippen molar-refractivity contribution >= 4 is 11.6 Å². The Labute approximate surface area is 133 Å². The van der Waals surface area contributed by atoms with Gasteiger partial charge in [-0.1, -0.05) is 31.9 Å². The van der Waals surface area contributed by atoms with E-state index in [-0.39, 0.29) is 0 Å². The van der Waals surface area contributed by atoms with Crippen LogP contribution < -0.4 is 10.1 Å². The molecule has 1 heterocycles. The van der Waals surface area contributed by atoms with Crippen LogP contribution in [0.3, 0.4) is 0 Å². The first-order chi connectivity index (χ1) is 10.0. The van der Waals surface area contributed by atoms with Gasteiger partial charge in [-0.3, -0.25) is 4.90 Å². The third-order valence-corrected chi connectivity index (χ3v) is 4.91. The van der Waals surface area contributed by atoms with Crippen LogP contribution in [-0.2, 0) is 6.54 Å². The van der Waals surface area contributed by atoms with Gasteiger partial charge in [-0.2, -0.15) is 0 Å². The van der Waals surface area contributed by atoms with E-state index in [9.17, 15) is 0 Å². The number of ether oxygens (including phenoxy) is 1. The van der Waals surface area contributed by atoms with Crippen LogP contribution in [0, 0.1) is 5.92 Å². The van der Waals surface area contributed by atoms with Crippen molar-refractivity contribution in [2.75, 3.05) is 20.2 Å². The summed E-state index contributed by atoms with van der Waals surface area (Å²) in [6.45, 7) is 9.86. The molecule has 1 saturated heterocycles. The number of nitrogens with zero attached hydrogens (tertiary/aromatic N) is 1. The summed E-state index contributed by atoms with van der Waals surface area (Å²) in [5.41, 5.74) is 1.17. The summed E-state index contributed by atoms with van der Waals surface area (Å²) < 4.78 is 5.47. The number of hydrogen-bond donors (Lipinski definition) is 1. The van der Waals surface area contributed by atoms with E-state index in [0.717, 1.165) is 30.4 Å². The Bertz CT molecular complexity index is 466. The van der Waals surface area contributed by atoms with Crippen molar-refractivity contribution in [3.8, 4) is 5.75 Å². The number of piperazine rings is 1. The molecule has 0 amide bonds. The van der Waals surface area contributed by atoms with E-state index in [1.165, 1.54) is 12.0 Å². The van der Waals surface area contributed by atoms with Crippen molar-refractivity contribution in [1.82, 2.24) is 10.2 Å². The van der Waals surface area contributed by atoms with E-state index in [1.807, 2.05) is 18.2 Å². The van der Waals surface area contributed by atoms with Gasteiger partial charge in [0.25, 0.3) is 0 Å². The number of rotatable bonds is 5. The fourth-order valence-corrected chi connectivity index (χ4v) is 3.12. The molecule has 0 radical (unpaired) electrons. The lowest BCUT2D eigenvalue weighted by Gasteiger charge is -2.41. The molecule has 1 fully saturated rings. The van der Waals surface area contributed by atoms with Crippen LogP contribution in [0.4, 0.5) is 0 Å². The highest BCUT2D eigenvalue weighted by Gasteiger charge is 2.28. The van der Waals surface area contributed by atoms with Crippen molar-refractivity contribution in [2.24, 2.45) is 5.92 Å². The fraction of sp³-hybridized carbons (Fsp3) is 0.647. The topological polar surface area (TPSA) is 24.5 Å². The molecule has 0 aromatic heterocycles. The maximum atomic E-state index is 6.14. The van der Waals surface area contributed by atoms with E-state index < -0.39 is 0 Å². The molecule has 1 aromatic rings. The minimum absolute atomic E-state index is 0.522. The second kappa shape index (κ2) is 7.48. The molecule has 21 heavy (non-hydrogen) atoms. The number of methoxy groups -OCH3 is 1. The zero-order chi connectivity index (χ0) is 15.4. The Morgan fingerprint density at radius 3 is 2.90 bits per heavy atom. The lowest BCUT2D eigenvalue weighted by atomic mass is 9.95. The van der Waals surface area contributed by atoms with Gasteiger partial charge in [0.05, 0.1) is 7.11 Å². The van der Waals surface area contributed by atoms with Gasteiger partial charge in [0.1, 0.15) is 5.75 Å². The largest absolute Gasteiger partial charge is 0.496 e. The minimum atomic E-state index is 0.522. The molecule has 3 nitrogen and oxygen atoms in total. The first kappa shape index (κ1) is 16.6. The van der Waals surface area contributed by atoms with Gasteiger partial charge < -0.3 is 10.1 Å². The van der Waals surface area contributed by atoms with Crippen molar-refractivity contribution in [1.29, 1.82) is 0 Å². The highest BCUT2D eigenvalue weighted by Crippen LogP contribution is 2.26. The van der Waals surface area contributed by atoms with Crippen molar-refractivity contribution in [2.45, 2.75) is 45.8 Å². The van der Waals surface area contributed by atoms with Gasteiger partial charge in [-0.05, 0) is 31.0 Å². The molecule has 4 heteroatoms. The molecule has 0 aliphatic carbocycles. The summed E-state index contributed by atoms with van der Waals surface area (Å²) in [4.78, 5) is 2.53.